The normalized spacial score (nSPS) is 9.83. The van der Waals surface area contributed by atoms with Crippen LogP contribution in [0.3, 0.4) is 0 Å². The zero-order valence-electron chi connectivity index (χ0n) is 10.2. The maximum atomic E-state index is 5.21. The molecule has 0 atom stereocenters. The lowest BCUT2D eigenvalue weighted by molar-refractivity contribution is 0.925. The molecule has 4 heteroatoms. The van der Waals surface area contributed by atoms with Gasteiger partial charge in [-0.25, -0.2) is 0 Å². The third-order valence-corrected chi connectivity index (χ3v) is 2.74. The van der Waals surface area contributed by atoms with E-state index >= 15 is 0 Å². The van der Waals surface area contributed by atoms with Crippen LogP contribution in [0.4, 0.5) is 5.69 Å². The van der Waals surface area contributed by atoms with E-state index in [1.165, 1.54) is 11.1 Å². The number of benzene rings is 1. The highest BCUT2D eigenvalue weighted by molar-refractivity contribution is 7.80. The van der Waals surface area contributed by atoms with Gasteiger partial charge in [-0.05, 0) is 36.8 Å². The summed E-state index contributed by atoms with van der Waals surface area (Å²) in [7, 11) is 0. The molecule has 0 fully saturated rings. The molecule has 0 unspecified atom stereocenters. The number of aromatic nitrogens is 1. The average Bonchev–Trinajstić information content (AvgIpc) is 2.39. The highest BCUT2D eigenvalue weighted by atomic mass is 32.1. The third-order valence-electron chi connectivity index (χ3n) is 2.49. The number of nitrogens with zero attached hydrogens (tertiary/aromatic N) is 1. The predicted molar refractivity (Wildman–Crippen MR) is 78.5 cm³/mol. The van der Waals surface area contributed by atoms with Crippen molar-refractivity contribution in [2.24, 2.45) is 0 Å². The minimum absolute atomic E-state index is 0.601. The monoisotopic (exact) mass is 257 g/mol. The standard InChI is InChI=1S/C14H15N3S/c1-11-4-6-12(7-5-11)9-16-14(18)17-13-3-2-8-15-10-13/h2-8,10H,9H2,1H3,(H2,16,17,18). The van der Waals surface area contributed by atoms with Crippen molar-refractivity contribution in [1.29, 1.82) is 0 Å². The number of hydrogen-bond acceptors (Lipinski definition) is 2. The summed E-state index contributed by atoms with van der Waals surface area (Å²) < 4.78 is 0. The number of thiocarbonyl (C=S) groups is 1. The van der Waals surface area contributed by atoms with Crippen LogP contribution in [-0.2, 0) is 6.54 Å². The number of hydrogen-bond donors (Lipinski definition) is 2. The number of pyridine rings is 1. The molecule has 0 aliphatic rings. The lowest BCUT2D eigenvalue weighted by Crippen LogP contribution is -2.27. The lowest BCUT2D eigenvalue weighted by Gasteiger charge is -2.10. The Balaban J connectivity index is 1.83. The summed E-state index contributed by atoms with van der Waals surface area (Å²) in [6.45, 7) is 2.79. The van der Waals surface area contributed by atoms with E-state index in [-0.39, 0.29) is 0 Å². The quantitative estimate of drug-likeness (QED) is 0.829. The van der Waals surface area contributed by atoms with E-state index in [9.17, 15) is 0 Å². The van der Waals surface area contributed by atoms with Crippen LogP contribution < -0.4 is 10.6 Å². The summed E-state index contributed by atoms with van der Waals surface area (Å²) >= 11 is 5.21. The molecule has 2 N–H and O–H groups in total. The van der Waals surface area contributed by atoms with Gasteiger partial charge in [0.05, 0.1) is 11.9 Å². The summed E-state index contributed by atoms with van der Waals surface area (Å²) in [5.41, 5.74) is 3.35. The van der Waals surface area contributed by atoms with Crippen LogP contribution in [-0.4, -0.2) is 10.1 Å². The van der Waals surface area contributed by atoms with Crippen molar-refractivity contribution in [3.63, 3.8) is 0 Å². The van der Waals surface area contributed by atoms with Crippen molar-refractivity contribution in [1.82, 2.24) is 10.3 Å². The first-order chi connectivity index (χ1) is 8.74. The second kappa shape index (κ2) is 6.12. The zero-order valence-corrected chi connectivity index (χ0v) is 11.0. The molecule has 1 aromatic heterocycles. The third kappa shape index (κ3) is 3.82. The topological polar surface area (TPSA) is 37.0 Å². The first kappa shape index (κ1) is 12.5. The number of rotatable bonds is 3. The largest absolute Gasteiger partial charge is 0.358 e. The Morgan fingerprint density at radius 2 is 2.00 bits per heavy atom. The average molecular weight is 257 g/mol. The van der Waals surface area contributed by atoms with Gasteiger partial charge >= 0.3 is 0 Å². The number of anilines is 1. The van der Waals surface area contributed by atoms with E-state index in [0.29, 0.717) is 11.7 Å². The van der Waals surface area contributed by atoms with Gasteiger partial charge in [0, 0.05) is 12.7 Å². The highest BCUT2D eigenvalue weighted by Gasteiger charge is 1.97. The fourth-order valence-electron chi connectivity index (χ4n) is 1.50. The predicted octanol–water partition coefficient (Wildman–Crippen LogP) is 2.88. The van der Waals surface area contributed by atoms with Crippen LogP contribution in [0.5, 0.6) is 0 Å². The Kier molecular flexibility index (Phi) is 4.25. The van der Waals surface area contributed by atoms with E-state index in [4.69, 9.17) is 12.2 Å². The number of nitrogens with one attached hydrogen (secondary N) is 2. The van der Waals surface area contributed by atoms with Gasteiger partial charge in [-0.2, -0.15) is 0 Å². The summed E-state index contributed by atoms with van der Waals surface area (Å²) in [5.74, 6) is 0. The number of aryl methyl sites for hydroxylation is 1. The maximum absolute atomic E-state index is 5.21. The second-order valence-electron chi connectivity index (χ2n) is 4.03. The van der Waals surface area contributed by atoms with Crippen molar-refractivity contribution in [2.75, 3.05) is 5.32 Å². The molecule has 1 heterocycles. The van der Waals surface area contributed by atoms with Crippen LogP contribution in [0.2, 0.25) is 0 Å². The van der Waals surface area contributed by atoms with Crippen molar-refractivity contribution < 1.29 is 0 Å². The first-order valence-electron chi connectivity index (χ1n) is 5.74. The smallest absolute Gasteiger partial charge is 0.171 e. The Morgan fingerprint density at radius 3 is 2.67 bits per heavy atom. The fraction of sp³-hybridized carbons (Fsp3) is 0.143. The van der Waals surface area contributed by atoms with Gasteiger partial charge in [0.1, 0.15) is 0 Å². The molecule has 92 valence electrons. The van der Waals surface area contributed by atoms with Gasteiger partial charge in [-0.15, -0.1) is 0 Å². The summed E-state index contributed by atoms with van der Waals surface area (Å²) in [6.07, 6.45) is 3.47. The minimum Gasteiger partial charge on any atom is -0.358 e. The van der Waals surface area contributed by atoms with Crippen molar-refractivity contribution in [3.8, 4) is 0 Å². The second-order valence-corrected chi connectivity index (χ2v) is 4.44. The van der Waals surface area contributed by atoms with E-state index in [1.807, 2.05) is 12.1 Å². The van der Waals surface area contributed by atoms with Crippen LogP contribution in [0.25, 0.3) is 0 Å². The molecule has 0 radical (unpaired) electrons. The molecule has 1 aromatic carbocycles. The van der Waals surface area contributed by atoms with E-state index in [1.54, 1.807) is 12.4 Å². The van der Waals surface area contributed by atoms with E-state index < -0.39 is 0 Å². The highest BCUT2D eigenvalue weighted by Crippen LogP contribution is 2.04. The molecule has 2 rings (SSSR count). The zero-order chi connectivity index (χ0) is 12.8. The molecule has 0 aliphatic carbocycles. The van der Waals surface area contributed by atoms with Gasteiger partial charge in [0.2, 0.25) is 0 Å². The molecule has 0 saturated heterocycles. The van der Waals surface area contributed by atoms with Gasteiger partial charge in [-0.1, -0.05) is 29.8 Å². The van der Waals surface area contributed by atoms with Crippen molar-refractivity contribution >= 4 is 23.0 Å². The Labute approximate surface area is 112 Å². The Hall–Kier alpha value is -1.94. The van der Waals surface area contributed by atoms with Crippen LogP contribution in [0.1, 0.15) is 11.1 Å². The molecule has 3 nitrogen and oxygen atoms in total. The first-order valence-corrected chi connectivity index (χ1v) is 6.15. The Bertz CT molecular complexity index is 508. The van der Waals surface area contributed by atoms with Crippen molar-refractivity contribution in [3.05, 3.63) is 59.9 Å². The van der Waals surface area contributed by atoms with Crippen LogP contribution in [0.15, 0.2) is 48.8 Å². The van der Waals surface area contributed by atoms with Gasteiger partial charge in [-0.3, -0.25) is 4.98 Å². The lowest BCUT2D eigenvalue weighted by atomic mass is 10.1. The SMILES string of the molecule is Cc1ccc(CNC(=S)Nc2cccnc2)cc1. The Morgan fingerprint density at radius 1 is 1.22 bits per heavy atom. The van der Waals surface area contributed by atoms with Gasteiger partial charge in [0.25, 0.3) is 0 Å². The van der Waals surface area contributed by atoms with Crippen LogP contribution in [0, 0.1) is 6.92 Å². The molecule has 0 saturated carbocycles. The van der Waals surface area contributed by atoms with E-state index in [0.717, 1.165) is 5.69 Å². The molecule has 0 spiro atoms. The molecular weight excluding hydrogens is 242 g/mol. The summed E-state index contributed by atoms with van der Waals surface area (Å²) in [4.78, 5) is 4.02. The van der Waals surface area contributed by atoms with Gasteiger partial charge < -0.3 is 10.6 Å². The summed E-state index contributed by atoms with van der Waals surface area (Å²) in [5, 5.41) is 6.84. The molecule has 18 heavy (non-hydrogen) atoms. The molecule has 0 bridgehead atoms. The van der Waals surface area contributed by atoms with Crippen LogP contribution >= 0.6 is 12.2 Å². The summed E-state index contributed by atoms with van der Waals surface area (Å²) in [6, 6.07) is 12.2. The molecule has 0 aliphatic heterocycles. The molecule has 2 aromatic rings. The maximum Gasteiger partial charge on any atom is 0.171 e. The van der Waals surface area contributed by atoms with E-state index in [2.05, 4.69) is 46.8 Å². The van der Waals surface area contributed by atoms with Gasteiger partial charge in [0.15, 0.2) is 5.11 Å². The fourth-order valence-corrected chi connectivity index (χ4v) is 1.69. The molecule has 0 amide bonds. The minimum atomic E-state index is 0.601. The van der Waals surface area contributed by atoms with Crippen molar-refractivity contribution in [2.45, 2.75) is 13.5 Å². The molecular formula is C14H15N3S.